The molecule has 0 spiro atoms. The Morgan fingerprint density at radius 1 is 1.10 bits per heavy atom. The topological polar surface area (TPSA) is 41.3 Å². The van der Waals surface area contributed by atoms with Crippen molar-refractivity contribution in [3.63, 3.8) is 0 Å². The molecule has 1 aliphatic carbocycles. The van der Waals surface area contributed by atoms with E-state index in [1.807, 2.05) is 0 Å². The van der Waals surface area contributed by atoms with Gasteiger partial charge in [0.05, 0.1) is 6.04 Å². The monoisotopic (exact) mass is 289 g/mol. The molecule has 0 aliphatic heterocycles. The number of rotatable bonds is 4. The number of hydrazine groups is 1. The minimum Gasteiger partial charge on any atom is -0.302 e. The SMILES string of the molecule is Cc1ccc(C(NN)C2(N(C)C)CCCCCC2)c(C)c1. The van der Waals surface area contributed by atoms with E-state index in [9.17, 15) is 0 Å². The molecule has 2 rings (SSSR count). The second-order valence-corrected chi connectivity index (χ2v) is 6.87. The lowest BCUT2D eigenvalue weighted by atomic mass is 9.77. The largest absolute Gasteiger partial charge is 0.302 e. The maximum atomic E-state index is 6.04. The molecule has 1 atom stereocenters. The first-order valence-corrected chi connectivity index (χ1v) is 8.22. The smallest absolute Gasteiger partial charge is 0.0646 e. The number of hydrogen-bond donors (Lipinski definition) is 2. The highest BCUT2D eigenvalue weighted by Crippen LogP contribution is 2.41. The van der Waals surface area contributed by atoms with Crippen LogP contribution in [0.2, 0.25) is 0 Å². The highest BCUT2D eigenvalue weighted by molar-refractivity contribution is 5.35. The van der Waals surface area contributed by atoms with Crippen LogP contribution in [0.5, 0.6) is 0 Å². The molecule has 0 amide bonds. The molecule has 1 fully saturated rings. The Balaban J connectivity index is 2.44. The Morgan fingerprint density at radius 3 is 2.19 bits per heavy atom. The average Bonchev–Trinajstić information content (AvgIpc) is 2.69. The lowest BCUT2D eigenvalue weighted by Gasteiger charge is -2.46. The summed E-state index contributed by atoms with van der Waals surface area (Å²) in [5.74, 6) is 6.04. The van der Waals surface area contributed by atoms with Gasteiger partial charge in [-0.15, -0.1) is 0 Å². The van der Waals surface area contributed by atoms with Gasteiger partial charge in [0.1, 0.15) is 0 Å². The van der Waals surface area contributed by atoms with Crippen LogP contribution in [-0.4, -0.2) is 24.5 Å². The van der Waals surface area contributed by atoms with E-state index < -0.39 is 0 Å². The first kappa shape index (κ1) is 16.5. The van der Waals surface area contributed by atoms with Crippen molar-refractivity contribution >= 4 is 0 Å². The molecular weight excluding hydrogens is 258 g/mol. The summed E-state index contributed by atoms with van der Waals surface area (Å²) < 4.78 is 0. The number of nitrogens with two attached hydrogens (primary N) is 1. The van der Waals surface area contributed by atoms with Crippen LogP contribution in [0.15, 0.2) is 18.2 Å². The summed E-state index contributed by atoms with van der Waals surface area (Å²) in [6.45, 7) is 4.35. The third-order valence-electron chi connectivity index (χ3n) is 5.30. The Labute approximate surface area is 129 Å². The summed E-state index contributed by atoms with van der Waals surface area (Å²) in [5.41, 5.74) is 7.27. The minimum absolute atomic E-state index is 0.116. The fourth-order valence-corrected chi connectivity index (χ4v) is 4.02. The first-order valence-electron chi connectivity index (χ1n) is 8.22. The maximum Gasteiger partial charge on any atom is 0.0646 e. The van der Waals surface area contributed by atoms with Crippen molar-refractivity contribution in [2.24, 2.45) is 5.84 Å². The van der Waals surface area contributed by atoms with E-state index in [-0.39, 0.29) is 11.6 Å². The van der Waals surface area contributed by atoms with Crippen LogP contribution in [-0.2, 0) is 0 Å². The van der Waals surface area contributed by atoms with Crippen molar-refractivity contribution in [3.05, 3.63) is 34.9 Å². The van der Waals surface area contributed by atoms with Crippen LogP contribution < -0.4 is 11.3 Å². The number of benzene rings is 1. The van der Waals surface area contributed by atoms with Crippen molar-refractivity contribution in [2.45, 2.75) is 64.0 Å². The molecule has 3 nitrogen and oxygen atoms in total. The predicted octanol–water partition coefficient (Wildman–Crippen LogP) is 3.46. The molecule has 1 aromatic rings. The molecule has 1 saturated carbocycles. The third kappa shape index (κ3) is 3.31. The zero-order valence-corrected chi connectivity index (χ0v) is 14.1. The van der Waals surface area contributed by atoms with E-state index in [0.717, 1.165) is 0 Å². The van der Waals surface area contributed by atoms with Crippen molar-refractivity contribution in [3.8, 4) is 0 Å². The lowest BCUT2D eigenvalue weighted by molar-refractivity contribution is 0.0797. The van der Waals surface area contributed by atoms with Crippen molar-refractivity contribution in [2.75, 3.05) is 14.1 Å². The van der Waals surface area contributed by atoms with Crippen LogP contribution in [0.4, 0.5) is 0 Å². The average molecular weight is 289 g/mol. The van der Waals surface area contributed by atoms with E-state index in [1.54, 1.807) is 0 Å². The molecular formula is C18H31N3. The van der Waals surface area contributed by atoms with Crippen LogP contribution in [0.3, 0.4) is 0 Å². The molecule has 118 valence electrons. The lowest BCUT2D eigenvalue weighted by Crippen LogP contribution is -2.55. The van der Waals surface area contributed by atoms with Gasteiger partial charge in [0.15, 0.2) is 0 Å². The van der Waals surface area contributed by atoms with Gasteiger partial charge in [-0.2, -0.15) is 0 Å². The Bertz CT molecular complexity index is 460. The molecule has 0 heterocycles. The Hall–Kier alpha value is -0.900. The fourth-order valence-electron chi connectivity index (χ4n) is 4.02. The normalized spacial score (nSPS) is 20.3. The summed E-state index contributed by atoms with van der Waals surface area (Å²) >= 11 is 0. The molecule has 21 heavy (non-hydrogen) atoms. The van der Waals surface area contributed by atoms with Crippen LogP contribution in [0.1, 0.15) is 61.3 Å². The maximum absolute atomic E-state index is 6.04. The second-order valence-electron chi connectivity index (χ2n) is 6.87. The minimum atomic E-state index is 0.116. The fraction of sp³-hybridized carbons (Fsp3) is 0.667. The quantitative estimate of drug-likeness (QED) is 0.507. The summed E-state index contributed by atoms with van der Waals surface area (Å²) in [5, 5.41) is 0. The first-order chi connectivity index (χ1) is 10.0. The zero-order valence-electron chi connectivity index (χ0n) is 14.1. The number of hydrogen-bond acceptors (Lipinski definition) is 3. The molecule has 3 N–H and O–H groups in total. The van der Waals surface area contributed by atoms with E-state index in [2.05, 4.69) is 56.5 Å². The second kappa shape index (κ2) is 6.91. The van der Waals surface area contributed by atoms with Gasteiger partial charge in [-0.05, 0) is 51.9 Å². The Kier molecular flexibility index (Phi) is 5.42. The van der Waals surface area contributed by atoms with Gasteiger partial charge in [-0.3, -0.25) is 11.3 Å². The third-order valence-corrected chi connectivity index (χ3v) is 5.30. The molecule has 1 aromatic carbocycles. The number of aryl methyl sites for hydroxylation is 2. The summed E-state index contributed by atoms with van der Waals surface area (Å²) in [6, 6.07) is 6.91. The van der Waals surface area contributed by atoms with Gasteiger partial charge in [-0.25, -0.2) is 0 Å². The summed E-state index contributed by atoms with van der Waals surface area (Å²) in [6.07, 6.45) is 7.70. The van der Waals surface area contributed by atoms with Crippen molar-refractivity contribution in [1.29, 1.82) is 0 Å². The Morgan fingerprint density at radius 2 is 1.71 bits per heavy atom. The van der Waals surface area contributed by atoms with Crippen LogP contribution >= 0.6 is 0 Å². The van der Waals surface area contributed by atoms with E-state index in [4.69, 9.17) is 5.84 Å². The van der Waals surface area contributed by atoms with Gasteiger partial charge in [-0.1, -0.05) is 49.4 Å². The highest BCUT2D eigenvalue weighted by Gasteiger charge is 2.41. The number of likely N-dealkylation sites (N-methyl/N-ethyl adjacent to an activating group) is 1. The van der Waals surface area contributed by atoms with Crippen LogP contribution in [0, 0.1) is 13.8 Å². The molecule has 0 bridgehead atoms. The van der Waals surface area contributed by atoms with E-state index in [1.165, 1.54) is 55.2 Å². The molecule has 3 heteroatoms. The van der Waals surface area contributed by atoms with Gasteiger partial charge >= 0.3 is 0 Å². The van der Waals surface area contributed by atoms with Gasteiger partial charge in [0.25, 0.3) is 0 Å². The summed E-state index contributed by atoms with van der Waals surface area (Å²) in [7, 11) is 4.42. The molecule has 1 unspecified atom stereocenters. The molecule has 1 aliphatic rings. The predicted molar refractivity (Wildman–Crippen MR) is 90.1 cm³/mol. The zero-order chi connectivity index (χ0) is 15.5. The molecule has 0 saturated heterocycles. The summed E-state index contributed by atoms with van der Waals surface area (Å²) in [4.78, 5) is 2.40. The van der Waals surface area contributed by atoms with Crippen molar-refractivity contribution < 1.29 is 0 Å². The number of nitrogens with one attached hydrogen (secondary N) is 1. The number of nitrogens with zero attached hydrogens (tertiary/aromatic N) is 1. The highest BCUT2D eigenvalue weighted by atomic mass is 15.3. The van der Waals surface area contributed by atoms with Gasteiger partial charge < -0.3 is 4.90 Å². The van der Waals surface area contributed by atoms with Crippen molar-refractivity contribution in [1.82, 2.24) is 10.3 Å². The van der Waals surface area contributed by atoms with Gasteiger partial charge in [0, 0.05) is 5.54 Å². The standard InChI is InChI=1S/C18H31N3/c1-14-9-10-16(15(2)13-14)17(20-19)18(21(3)4)11-7-5-6-8-12-18/h9-10,13,17,20H,5-8,11-12,19H2,1-4H3. The van der Waals surface area contributed by atoms with Gasteiger partial charge in [0.2, 0.25) is 0 Å². The molecule has 0 aromatic heterocycles. The van der Waals surface area contributed by atoms with E-state index >= 15 is 0 Å². The van der Waals surface area contributed by atoms with E-state index in [0.29, 0.717) is 0 Å². The molecule has 0 radical (unpaired) electrons. The van der Waals surface area contributed by atoms with Crippen LogP contribution in [0.25, 0.3) is 0 Å².